The molecular weight excluding hydrogens is 327 g/mol. The first-order valence-electron chi connectivity index (χ1n) is 7.83. The molecule has 0 unspecified atom stereocenters. The SMILES string of the molecule is O=C(CN1CC=C(c2ccccc2)CC1)Nc1ccc(F)cc1Cl. The number of rotatable bonds is 4. The normalized spacial score (nSPS) is 15.0. The lowest BCUT2D eigenvalue weighted by atomic mass is 10.00. The molecule has 3 nitrogen and oxygen atoms in total. The molecule has 3 rings (SSSR count). The monoisotopic (exact) mass is 344 g/mol. The summed E-state index contributed by atoms with van der Waals surface area (Å²) in [5.74, 6) is -0.576. The van der Waals surface area contributed by atoms with Crippen LogP contribution in [0.5, 0.6) is 0 Å². The van der Waals surface area contributed by atoms with Crippen LogP contribution in [-0.2, 0) is 4.79 Å². The van der Waals surface area contributed by atoms with Gasteiger partial charge in [-0.05, 0) is 35.8 Å². The van der Waals surface area contributed by atoms with E-state index in [1.165, 1.54) is 29.3 Å². The van der Waals surface area contributed by atoms with Gasteiger partial charge in [0.05, 0.1) is 17.3 Å². The van der Waals surface area contributed by atoms with Crippen LogP contribution >= 0.6 is 11.6 Å². The van der Waals surface area contributed by atoms with Crippen molar-refractivity contribution in [2.24, 2.45) is 0 Å². The zero-order chi connectivity index (χ0) is 16.9. The maximum atomic E-state index is 13.0. The molecule has 0 radical (unpaired) electrons. The van der Waals surface area contributed by atoms with Crippen LogP contribution in [0.1, 0.15) is 12.0 Å². The summed E-state index contributed by atoms with van der Waals surface area (Å²) in [6.45, 7) is 1.84. The molecule has 2 aromatic rings. The van der Waals surface area contributed by atoms with E-state index in [0.29, 0.717) is 5.69 Å². The average Bonchev–Trinajstić information content (AvgIpc) is 2.59. The summed E-state index contributed by atoms with van der Waals surface area (Å²) < 4.78 is 13.0. The molecule has 2 aromatic carbocycles. The minimum Gasteiger partial charge on any atom is -0.324 e. The molecule has 0 aromatic heterocycles. The summed E-state index contributed by atoms with van der Waals surface area (Å²) in [6, 6.07) is 14.2. The fourth-order valence-electron chi connectivity index (χ4n) is 2.75. The third-order valence-corrected chi connectivity index (χ3v) is 4.32. The zero-order valence-electron chi connectivity index (χ0n) is 13.1. The Morgan fingerprint density at radius 1 is 1.21 bits per heavy atom. The van der Waals surface area contributed by atoms with Gasteiger partial charge >= 0.3 is 0 Å². The van der Waals surface area contributed by atoms with Gasteiger partial charge in [0.1, 0.15) is 5.82 Å². The Bertz CT molecular complexity index is 761. The lowest BCUT2D eigenvalue weighted by Crippen LogP contribution is -2.36. The van der Waals surface area contributed by atoms with E-state index >= 15 is 0 Å². The predicted octanol–water partition coefficient (Wildman–Crippen LogP) is 4.21. The van der Waals surface area contributed by atoms with Crippen LogP contribution in [0.2, 0.25) is 5.02 Å². The summed E-state index contributed by atoms with van der Waals surface area (Å²) in [6.07, 6.45) is 3.07. The van der Waals surface area contributed by atoms with E-state index in [0.717, 1.165) is 19.5 Å². The van der Waals surface area contributed by atoms with Gasteiger partial charge in [-0.2, -0.15) is 0 Å². The van der Waals surface area contributed by atoms with Gasteiger partial charge < -0.3 is 5.32 Å². The Kier molecular flexibility index (Phi) is 5.28. The molecule has 24 heavy (non-hydrogen) atoms. The Labute approximate surface area is 145 Å². The number of hydrogen-bond donors (Lipinski definition) is 1. The predicted molar refractivity (Wildman–Crippen MR) is 95.5 cm³/mol. The van der Waals surface area contributed by atoms with Crippen LogP contribution in [0, 0.1) is 5.82 Å². The maximum absolute atomic E-state index is 13.0. The average molecular weight is 345 g/mol. The molecule has 0 bridgehead atoms. The Morgan fingerprint density at radius 2 is 2.00 bits per heavy atom. The number of nitrogens with one attached hydrogen (secondary N) is 1. The largest absolute Gasteiger partial charge is 0.324 e. The van der Waals surface area contributed by atoms with Gasteiger partial charge in [-0.1, -0.05) is 48.0 Å². The number of halogens is 2. The van der Waals surface area contributed by atoms with E-state index in [4.69, 9.17) is 11.6 Å². The first kappa shape index (κ1) is 16.7. The molecule has 1 aliphatic rings. The number of nitrogens with zero attached hydrogens (tertiary/aromatic N) is 1. The first-order valence-corrected chi connectivity index (χ1v) is 8.21. The van der Waals surface area contributed by atoms with E-state index < -0.39 is 5.82 Å². The van der Waals surface area contributed by atoms with Crippen molar-refractivity contribution in [1.82, 2.24) is 4.90 Å². The second-order valence-corrected chi connectivity index (χ2v) is 6.16. The quantitative estimate of drug-likeness (QED) is 0.901. The van der Waals surface area contributed by atoms with E-state index in [1.54, 1.807) is 0 Å². The maximum Gasteiger partial charge on any atom is 0.238 e. The van der Waals surface area contributed by atoms with Crippen LogP contribution in [0.15, 0.2) is 54.6 Å². The summed E-state index contributed by atoms with van der Waals surface area (Å²) in [7, 11) is 0. The smallest absolute Gasteiger partial charge is 0.238 e. The van der Waals surface area contributed by atoms with Gasteiger partial charge in [0.15, 0.2) is 0 Å². The molecule has 0 atom stereocenters. The highest BCUT2D eigenvalue weighted by atomic mass is 35.5. The molecule has 5 heteroatoms. The molecule has 0 saturated carbocycles. The lowest BCUT2D eigenvalue weighted by molar-refractivity contribution is -0.117. The summed E-state index contributed by atoms with van der Waals surface area (Å²) in [5, 5.41) is 2.93. The second-order valence-electron chi connectivity index (χ2n) is 5.75. The van der Waals surface area contributed by atoms with Crippen LogP contribution in [0.3, 0.4) is 0 Å². The number of anilines is 1. The van der Waals surface area contributed by atoms with E-state index in [-0.39, 0.29) is 17.5 Å². The van der Waals surface area contributed by atoms with E-state index in [2.05, 4.69) is 28.4 Å². The highest BCUT2D eigenvalue weighted by Gasteiger charge is 2.16. The zero-order valence-corrected chi connectivity index (χ0v) is 13.9. The van der Waals surface area contributed by atoms with Crippen molar-refractivity contribution in [2.45, 2.75) is 6.42 Å². The molecule has 1 heterocycles. The van der Waals surface area contributed by atoms with Gasteiger partial charge in [-0.15, -0.1) is 0 Å². The van der Waals surface area contributed by atoms with Crippen molar-refractivity contribution in [3.63, 3.8) is 0 Å². The standard InChI is InChI=1S/C19H18ClFN2O/c20-17-12-16(21)6-7-18(17)22-19(24)13-23-10-8-15(9-11-23)14-4-2-1-3-5-14/h1-8,12H,9-11,13H2,(H,22,24). The molecule has 0 aliphatic carbocycles. The van der Waals surface area contributed by atoms with Crippen LogP contribution in [0.25, 0.3) is 5.57 Å². The number of carbonyl (C=O) groups is 1. The van der Waals surface area contributed by atoms with Crippen molar-refractivity contribution in [3.05, 3.63) is 71.0 Å². The number of benzene rings is 2. The van der Waals surface area contributed by atoms with E-state index in [9.17, 15) is 9.18 Å². The lowest BCUT2D eigenvalue weighted by Gasteiger charge is -2.26. The topological polar surface area (TPSA) is 32.3 Å². The second kappa shape index (κ2) is 7.60. The van der Waals surface area contributed by atoms with Crippen LogP contribution in [0.4, 0.5) is 10.1 Å². The highest BCUT2D eigenvalue weighted by Crippen LogP contribution is 2.23. The molecular formula is C19H18ClFN2O. The van der Waals surface area contributed by atoms with Gasteiger partial charge in [-0.25, -0.2) is 4.39 Å². The van der Waals surface area contributed by atoms with Crippen LogP contribution in [-0.4, -0.2) is 30.4 Å². The Hall–Kier alpha value is -2.17. The molecule has 0 spiro atoms. The van der Waals surface area contributed by atoms with E-state index in [1.807, 2.05) is 18.2 Å². The molecule has 124 valence electrons. The fraction of sp³-hybridized carbons (Fsp3) is 0.211. The number of amides is 1. The van der Waals surface area contributed by atoms with Gasteiger partial charge in [-0.3, -0.25) is 9.69 Å². The number of hydrogen-bond acceptors (Lipinski definition) is 2. The third kappa shape index (κ3) is 4.22. The third-order valence-electron chi connectivity index (χ3n) is 4.01. The van der Waals surface area contributed by atoms with Crippen LogP contribution < -0.4 is 5.32 Å². The Morgan fingerprint density at radius 3 is 2.67 bits per heavy atom. The Balaban J connectivity index is 1.56. The van der Waals surface area contributed by atoms with Gasteiger partial charge in [0, 0.05) is 13.1 Å². The van der Waals surface area contributed by atoms with Gasteiger partial charge in [0.2, 0.25) is 5.91 Å². The summed E-state index contributed by atoms with van der Waals surface area (Å²) in [5.41, 5.74) is 2.98. The summed E-state index contributed by atoms with van der Waals surface area (Å²) >= 11 is 5.93. The number of carbonyl (C=O) groups excluding carboxylic acids is 1. The fourth-order valence-corrected chi connectivity index (χ4v) is 2.97. The molecule has 1 N–H and O–H groups in total. The summed E-state index contributed by atoms with van der Waals surface area (Å²) in [4.78, 5) is 14.2. The molecule has 0 fully saturated rings. The van der Waals surface area contributed by atoms with Crippen molar-refractivity contribution < 1.29 is 9.18 Å². The van der Waals surface area contributed by atoms with Crippen molar-refractivity contribution in [2.75, 3.05) is 25.0 Å². The molecule has 1 aliphatic heterocycles. The highest BCUT2D eigenvalue weighted by molar-refractivity contribution is 6.33. The van der Waals surface area contributed by atoms with Crippen molar-refractivity contribution >= 4 is 28.8 Å². The van der Waals surface area contributed by atoms with Crippen molar-refractivity contribution in [1.29, 1.82) is 0 Å². The molecule has 1 amide bonds. The first-order chi connectivity index (χ1) is 11.6. The van der Waals surface area contributed by atoms with Gasteiger partial charge in [0.25, 0.3) is 0 Å². The van der Waals surface area contributed by atoms with Crippen molar-refractivity contribution in [3.8, 4) is 0 Å². The molecule has 0 saturated heterocycles. The minimum absolute atomic E-state index is 0.153. The minimum atomic E-state index is -0.424.